The van der Waals surface area contributed by atoms with E-state index < -0.39 is 0 Å². The molecule has 3 aliphatic rings. The van der Waals surface area contributed by atoms with Gasteiger partial charge in [-0.1, -0.05) is 152 Å². The SMILES string of the molecule is C1=CC2C(C3=CC=C(n4c5ccccc5c5cc(-c6ccc(-n7c8ccccc8c8ccccc87)cc6)ccc54)CO3)=c3ccccc3=C(c3ccccc3)C2C=C1. The molecular formula is C55H38N2O. The fourth-order valence-corrected chi connectivity index (χ4v) is 9.93. The van der Waals surface area contributed by atoms with Gasteiger partial charge in [-0.25, -0.2) is 0 Å². The zero-order valence-corrected chi connectivity index (χ0v) is 31.8. The van der Waals surface area contributed by atoms with Gasteiger partial charge in [0.15, 0.2) is 0 Å². The van der Waals surface area contributed by atoms with Crippen LogP contribution in [0.3, 0.4) is 0 Å². The Bertz CT molecular complexity index is 3340. The number of ether oxygens (including phenoxy) is 1. The Hall–Kier alpha value is -7.36. The molecule has 12 rings (SSSR count). The number of para-hydroxylation sites is 3. The van der Waals surface area contributed by atoms with Gasteiger partial charge in [0.05, 0.1) is 27.8 Å². The van der Waals surface area contributed by atoms with Gasteiger partial charge in [0.1, 0.15) is 12.4 Å². The van der Waals surface area contributed by atoms with Crippen LogP contribution in [0.5, 0.6) is 0 Å². The van der Waals surface area contributed by atoms with Crippen LogP contribution in [0.2, 0.25) is 0 Å². The van der Waals surface area contributed by atoms with Crippen LogP contribution in [0.1, 0.15) is 5.56 Å². The summed E-state index contributed by atoms with van der Waals surface area (Å²) in [6, 6.07) is 61.7. The van der Waals surface area contributed by atoms with Crippen molar-refractivity contribution >= 4 is 60.5 Å². The van der Waals surface area contributed by atoms with Crippen LogP contribution < -0.4 is 10.4 Å². The van der Waals surface area contributed by atoms with Crippen LogP contribution in [-0.2, 0) is 4.74 Å². The lowest BCUT2D eigenvalue weighted by Crippen LogP contribution is -2.40. The minimum absolute atomic E-state index is 0.180. The van der Waals surface area contributed by atoms with Gasteiger partial charge < -0.3 is 13.9 Å². The van der Waals surface area contributed by atoms with E-state index in [1.54, 1.807) is 0 Å². The van der Waals surface area contributed by atoms with Gasteiger partial charge in [0.25, 0.3) is 0 Å². The zero-order chi connectivity index (χ0) is 38.2. The number of fused-ring (bicyclic) bond motifs is 8. The third-order valence-electron chi connectivity index (χ3n) is 12.5. The van der Waals surface area contributed by atoms with Crippen LogP contribution in [-0.4, -0.2) is 15.7 Å². The van der Waals surface area contributed by atoms with Crippen molar-refractivity contribution in [1.29, 1.82) is 0 Å². The summed E-state index contributed by atoms with van der Waals surface area (Å²) in [6.45, 7) is 0.476. The highest BCUT2D eigenvalue weighted by Crippen LogP contribution is 2.42. The van der Waals surface area contributed by atoms with Crippen molar-refractivity contribution in [3.63, 3.8) is 0 Å². The Labute approximate surface area is 336 Å². The first-order chi connectivity index (χ1) is 28.8. The second-order valence-corrected chi connectivity index (χ2v) is 15.5. The molecule has 274 valence electrons. The topological polar surface area (TPSA) is 19.1 Å². The van der Waals surface area contributed by atoms with Crippen LogP contribution in [0.25, 0.3) is 77.3 Å². The molecule has 3 nitrogen and oxygen atoms in total. The first-order valence-electron chi connectivity index (χ1n) is 20.2. The lowest BCUT2D eigenvalue weighted by Gasteiger charge is -2.34. The molecule has 0 spiro atoms. The molecule has 0 radical (unpaired) electrons. The number of hydrogen-bond acceptors (Lipinski definition) is 1. The fraction of sp³-hybridized carbons (Fsp3) is 0.0545. The number of benzene rings is 7. The van der Waals surface area contributed by atoms with Crippen LogP contribution in [0.4, 0.5) is 0 Å². The average molecular weight is 743 g/mol. The van der Waals surface area contributed by atoms with Crippen LogP contribution in [0.15, 0.2) is 212 Å². The van der Waals surface area contributed by atoms with Gasteiger partial charge in [0, 0.05) is 44.6 Å². The van der Waals surface area contributed by atoms with E-state index in [1.807, 2.05) is 0 Å². The predicted octanol–water partition coefficient (Wildman–Crippen LogP) is 11.7. The molecule has 3 heteroatoms. The summed E-state index contributed by atoms with van der Waals surface area (Å²) < 4.78 is 11.6. The van der Waals surface area contributed by atoms with E-state index in [-0.39, 0.29) is 11.8 Å². The molecule has 1 aliphatic heterocycles. The smallest absolute Gasteiger partial charge is 0.129 e. The van der Waals surface area contributed by atoms with E-state index in [1.165, 1.54) is 81.9 Å². The summed E-state index contributed by atoms with van der Waals surface area (Å²) in [5, 5.41) is 7.55. The molecule has 2 atom stereocenters. The Morgan fingerprint density at radius 2 is 0.948 bits per heavy atom. The summed E-state index contributed by atoms with van der Waals surface area (Å²) >= 11 is 0. The number of nitrogens with zero attached hydrogens (tertiary/aromatic N) is 2. The summed E-state index contributed by atoms with van der Waals surface area (Å²) in [5.41, 5.74) is 13.4. The van der Waals surface area contributed by atoms with Crippen molar-refractivity contribution in [2.75, 3.05) is 6.61 Å². The van der Waals surface area contributed by atoms with Crippen LogP contribution in [0, 0.1) is 11.8 Å². The molecular weight excluding hydrogens is 705 g/mol. The minimum atomic E-state index is 0.180. The largest absolute Gasteiger partial charge is 0.487 e. The molecule has 7 aromatic carbocycles. The van der Waals surface area contributed by atoms with E-state index in [9.17, 15) is 0 Å². The van der Waals surface area contributed by atoms with Crippen molar-refractivity contribution in [3.8, 4) is 16.8 Å². The Morgan fingerprint density at radius 3 is 1.60 bits per heavy atom. The van der Waals surface area contributed by atoms with Gasteiger partial charge in [-0.15, -0.1) is 0 Å². The molecule has 0 saturated carbocycles. The van der Waals surface area contributed by atoms with Gasteiger partial charge in [-0.05, 0) is 87.3 Å². The Balaban J connectivity index is 0.947. The standard InChI is InChI=1S/C55H38N2O/c1-2-14-37(15-3-1)54-44-19-4-6-21-46(44)55(47-22-7-5-20-45(47)54)53-33-31-40(35-58-53)57-51-25-13-10-18-43(51)48-34-38(28-32-52(48)57)36-26-29-39(30-27-36)56-49-23-11-8-16-41(49)42-17-9-12-24-50(42)56/h1-34,44,46H,35H2. The number of aromatic nitrogens is 2. The molecule has 9 aromatic rings. The van der Waals surface area contributed by atoms with Gasteiger partial charge in [-0.2, -0.15) is 0 Å². The highest BCUT2D eigenvalue weighted by atomic mass is 16.5. The van der Waals surface area contributed by atoms with Gasteiger partial charge in [-0.3, -0.25) is 0 Å². The maximum absolute atomic E-state index is 6.85. The molecule has 2 aliphatic carbocycles. The molecule has 2 unspecified atom stereocenters. The zero-order valence-electron chi connectivity index (χ0n) is 31.8. The first kappa shape index (κ1) is 32.8. The normalized spacial score (nSPS) is 17.4. The van der Waals surface area contributed by atoms with Gasteiger partial charge in [0.2, 0.25) is 0 Å². The van der Waals surface area contributed by atoms with E-state index in [2.05, 4.69) is 215 Å². The van der Waals surface area contributed by atoms with E-state index >= 15 is 0 Å². The number of allylic oxidation sites excluding steroid dienone is 7. The highest BCUT2D eigenvalue weighted by molar-refractivity contribution is 6.12. The summed E-state index contributed by atoms with van der Waals surface area (Å²) in [4.78, 5) is 0. The van der Waals surface area contributed by atoms with Gasteiger partial charge >= 0.3 is 0 Å². The maximum Gasteiger partial charge on any atom is 0.129 e. The van der Waals surface area contributed by atoms with Crippen LogP contribution >= 0.6 is 0 Å². The maximum atomic E-state index is 6.85. The van der Waals surface area contributed by atoms with E-state index in [0.29, 0.717) is 6.61 Å². The fourth-order valence-electron chi connectivity index (χ4n) is 9.93. The molecule has 58 heavy (non-hydrogen) atoms. The first-order valence-corrected chi connectivity index (χ1v) is 20.2. The van der Waals surface area contributed by atoms with Crippen molar-refractivity contribution in [1.82, 2.24) is 9.13 Å². The minimum Gasteiger partial charge on any atom is -0.487 e. The lowest BCUT2D eigenvalue weighted by molar-refractivity contribution is 0.259. The van der Waals surface area contributed by atoms with Crippen molar-refractivity contribution < 1.29 is 4.74 Å². The predicted molar refractivity (Wildman–Crippen MR) is 241 cm³/mol. The quantitative estimate of drug-likeness (QED) is 0.172. The van der Waals surface area contributed by atoms with Crippen molar-refractivity contribution in [2.45, 2.75) is 0 Å². The average Bonchev–Trinajstić information content (AvgIpc) is 3.81. The Morgan fingerprint density at radius 1 is 0.414 bits per heavy atom. The van der Waals surface area contributed by atoms with Crippen molar-refractivity contribution in [3.05, 3.63) is 228 Å². The van der Waals surface area contributed by atoms with Crippen molar-refractivity contribution in [2.24, 2.45) is 11.8 Å². The van der Waals surface area contributed by atoms with E-state index in [4.69, 9.17) is 4.74 Å². The third kappa shape index (κ3) is 5.00. The lowest BCUT2D eigenvalue weighted by atomic mass is 9.71. The second-order valence-electron chi connectivity index (χ2n) is 15.5. The molecule has 3 heterocycles. The number of rotatable bonds is 5. The molecule has 0 bridgehead atoms. The third-order valence-corrected chi connectivity index (χ3v) is 12.5. The number of hydrogen-bond donors (Lipinski definition) is 0. The molecule has 0 N–H and O–H groups in total. The molecule has 2 aromatic heterocycles. The summed E-state index contributed by atoms with van der Waals surface area (Å²) in [7, 11) is 0. The molecule has 0 saturated heterocycles. The summed E-state index contributed by atoms with van der Waals surface area (Å²) in [6.07, 6.45) is 13.6. The monoisotopic (exact) mass is 742 g/mol. The summed E-state index contributed by atoms with van der Waals surface area (Å²) in [5.74, 6) is 1.35. The highest BCUT2D eigenvalue weighted by Gasteiger charge is 2.34. The molecule has 0 amide bonds. The van der Waals surface area contributed by atoms with E-state index in [0.717, 1.165) is 17.1 Å². The Kier molecular flexibility index (Phi) is 7.42. The molecule has 0 fully saturated rings. The second kappa shape index (κ2) is 13.1.